The standard InChI is InChI=1S/C11H11NO3S2/c1-14-8-4-3-7(5-9(8)15-2)12-10(13)6-17-11(12)16/h3-5H,6H2,1-2H3. The Kier molecular flexibility index (Phi) is 3.54. The van der Waals surface area contributed by atoms with Gasteiger partial charge in [-0.05, 0) is 12.1 Å². The number of carbonyl (C=O) groups excluding carboxylic acids is 1. The number of benzene rings is 1. The minimum absolute atomic E-state index is 0.00720. The first-order valence-corrected chi connectivity index (χ1v) is 6.28. The number of thioether (sulfide) groups is 1. The summed E-state index contributed by atoms with van der Waals surface area (Å²) in [5.74, 6) is 1.60. The van der Waals surface area contributed by atoms with Crippen molar-refractivity contribution >= 4 is 39.9 Å². The second-order valence-corrected chi connectivity index (χ2v) is 4.93. The second kappa shape index (κ2) is 4.93. The van der Waals surface area contributed by atoms with E-state index in [1.54, 1.807) is 32.4 Å². The van der Waals surface area contributed by atoms with Crippen LogP contribution in [-0.4, -0.2) is 30.2 Å². The first-order valence-electron chi connectivity index (χ1n) is 4.89. The highest BCUT2D eigenvalue weighted by molar-refractivity contribution is 8.24. The van der Waals surface area contributed by atoms with Gasteiger partial charge in [-0.1, -0.05) is 24.0 Å². The number of amides is 1. The molecule has 1 amide bonds. The predicted molar refractivity (Wildman–Crippen MR) is 72.1 cm³/mol. The summed E-state index contributed by atoms with van der Waals surface area (Å²) in [5.41, 5.74) is 0.711. The zero-order valence-corrected chi connectivity index (χ0v) is 11.1. The third-order valence-electron chi connectivity index (χ3n) is 2.38. The van der Waals surface area contributed by atoms with E-state index in [-0.39, 0.29) is 5.91 Å². The smallest absolute Gasteiger partial charge is 0.243 e. The number of hydrogen-bond donors (Lipinski definition) is 0. The Morgan fingerprint density at radius 2 is 2.00 bits per heavy atom. The summed E-state index contributed by atoms with van der Waals surface area (Å²) in [6.07, 6.45) is 0. The number of anilines is 1. The van der Waals surface area contributed by atoms with E-state index in [0.29, 0.717) is 27.3 Å². The highest BCUT2D eigenvalue weighted by Crippen LogP contribution is 2.34. The maximum absolute atomic E-state index is 11.7. The number of thiocarbonyl (C=S) groups is 1. The zero-order chi connectivity index (χ0) is 12.4. The van der Waals surface area contributed by atoms with Crippen LogP contribution in [0, 0.1) is 0 Å². The van der Waals surface area contributed by atoms with E-state index in [0.717, 1.165) is 0 Å². The van der Waals surface area contributed by atoms with Gasteiger partial charge in [0.15, 0.2) is 11.5 Å². The molecule has 0 spiro atoms. The van der Waals surface area contributed by atoms with Crippen LogP contribution in [0.2, 0.25) is 0 Å². The van der Waals surface area contributed by atoms with Gasteiger partial charge in [0.05, 0.1) is 25.7 Å². The number of carbonyl (C=O) groups is 1. The Hall–Kier alpha value is -1.27. The van der Waals surface area contributed by atoms with E-state index in [9.17, 15) is 4.79 Å². The lowest BCUT2D eigenvalue weighted by Crippen LogP contribution is -2.27. The van der Waals surface area contributed by atoms with Crippen molar-refractivity contribution in [3.05, 3.63) is 18.2 Å². The SMILES string of the molecule is COc1ccc(N2C(=O)CSC2=S)cc1OC. The van der Waals surface area contributed by atoms with Crippen LogP contribution in [-0.2, 0) is 4.79 Å². The van der Waals surface area contributed by atoms with Crippen LogP contribution < -0.4 is 14.4 Å². The number of nitrogens with zero attached hydrogens (tertiary/aromatic N) is 1. The van der Waals surface area contributed by atoms with E-state index in [2.05, 4.69) is 0 Å². The first kappa shape index (κ1) is 12.2. The van der Waals surface area contributed by atoms with Crippen LogP contribution >= 0.6 is 24.0 Å². The van der Waals surface area contributed by atoms with Gasteiger partial charge in [0.2, 0.25) is 5.91 Å². The molecule has 1 aliphatic heterocycles. The number of rotatable bonds is 3. The van der Waals surface area contributed by atoms with Gasteiger partial charge in [0.25, 0.3) is 0 Å². The van der Waals surface area contributed by atoms with Gasteiger partial charge in [-0.25, -0.2) is 0 Å². The molecule has 6 heteroatoms. The molecule has 1 saturated heterocycles. The molecule has 0 bridgehead atoms. The summed E-state index contributed by atoms with van der Waals surface area (Å²) in [6.45, 7) is 0. The lowest BCUT2D eigenvalue weighted by molar-refractivity contribution is -0.115. The molecule has 0 aromatic heterocycles. The Labute approximate surface area is 109 Å². The predicted octanol–water partition coefficient (Wildman–Crippen LogP) is 2.07. The molecule has 0 atom stereocenters. The molecule has 1 fully saturated rings. The largest absolute Gasteiger partial charge is 0.493 e. The molecule has 0 N–H and O–H groups in total. The Morgan fingerprint density at radius 3 is 2.53 bits per heavy atom. The minimum atomic E-state index is -0.00720. The van der Waals surface area contributed by atoms with Crippen molar-refractivity contribution in [1.82, 2.24) is 0 Å². The van der Waals surface area contributed by atoms with Crippen LogP contribution in [0.3, 0.4) is 0 Å². The third-order valence-corrected chi connectivity index (χ3v) is 3.73. The first-order chi connectivity index (χ1) is 8.17. The van der Waals surface area contributed by atoms with Crippen LogP contribution in [0.4, 0.5) is 5.69 Å². The van der Waals surface area contributed by atoms with Crippen LogP contribution in [0.15, 0.2) is 18.2 Å². The van der Waals surface area contributed by atoms with Gasteiger partial charge in [0, 0.05) is 6.07 Å². The molecule has 1 aliphatic rings. The van der Waals surface area contributed by atoms with Gasteiger partial charge in [0.1, 0.15) is 4.32 Å². The highest BCUT2D eigenvalue weighted by atomic mass is 32.2. The molecule has 0 radical (unpaired) electrons. The fourth-order valence-electron chi connectivity index (χ4n) is 1.57. The number of hydrogen-bond acceptors (Lipinski definition) is 5. The quantitative estimate of drug-likeness (QED) is 0.785. The van der Waals surface area contributed by atoms with E-state index in [1.807, 2.05) is 0 Å². The molecular weight excluding hydrogens is 258 g/mol. The second-order valence-electron chi connectivity index (χ2n) is 3.32. The summed E-state index contributed by atoms with van der Waals surface area (Å²) in [5, 5.41) is 0. The lowest BCUT2D eigenvalue weighted by atomic mass is 10.2. The average Bonchev–Trinajstić information content (AvgIpc) is 2.68. The number of methoxy groups -OCH3 is 2. The average molecular weight is 269 g/mol. The molecule has 90 valence electrons. The monoisotopic (exact) mass is 269 g/mol. The summed E-state index contributed by atoms with van der Waals surface area (Å²) >= 11 is 6.50. The van der Waals surface area contributed by atoms with Gasteiger partial charge < -0.3 is 9.47 Å². The molecule has 1 aromatic carbocycles. The van der Waals surface area contributed by atoms with Crippen molar-refractivity contribution in [2.24, 2.45) is 0 Å². The van der Waals surface area contributed by atoms with Crippen LogP contribution in [0.1, 0.15) is 0 Å². The van der Waals surface area contributed by atoms with E-state index in [4.69, 9.17) is 21.7 Å². The van der Waals surface area contributed by atoms with E-state index >= 15 is 0 Å². The maximum atomic E-state index is 11.7. The molecule has 1 heterocycles. The topological polar surface area (TPSA) is 38.8 Å². The van der Waals surface area contributed by atoms with Crippen molar-refractivity contribution < 1.29 is 14.3 Å². The van der Waals surface area contributed by atoms with Gasteiger partial charge in [-0.2, -0.15) is 0 Å². The molecule has 0 aliphatic carbocycles. The molecule has 1 aromatic rings. The van der Waals surface area contributed by atoms with E-state index < -0.39 is 0 Å². The minimum Gasteiger partial charge on any atom is -0.493 e. The van der Waals surface area contributed by atoms with Gasteiger partial charge in [-0.3, -0.25) is 9.69 Å². The molecular formula is C11H11NO3S2. The Bertz CT molecular complexity index is 460. The molecule has 2 rings (SSSR count). The summed E-state index contributed by atoms with van der Waals surface area (Å²) in [6, 6.07) is 5.29. The Morgan fingerprint density at radius 1 is 1.29 bits per heavy atom. The van der Waals surface area contributed by atoms with Gasteiger partial charge >= 0.3 is 0 Å². The Balaban J connectivity index is 2.39. The fourth-order valence-corrected chi connectivity index (χ4v) is 2.66. The van der Waals surface area contributed by atoms with Crippen molar-refractivity contribution in [3.8, 4) is 11.5 Å². The molecule has 4 nitrogen and oxygen atoms in total. The van der Waals surface area contributed by atoms with Gasteiger partial charge in [-0.15, -0.1) is 0 Å². The maximum Gasteiger partial charge on any atom is 0.243 e. The fraction of sp³-hybridized carbons (Fsp3) is 0.273. The lowest BCUT2D eigenvalue weighted by Gasteiger charge is -2.17. The molecule has 0 unspecified atom stereocenters. The molecule has 0 saturated carbocycles. The summed E-state index contributed by atoms with van der Waals surface area (Å²) in [4.78, 5) is 13.2. The summed E-state index contributed by atoms with van der Waals surface area (Å²) < 4.78 is 10.9. The zero-order valence-electron chi connectivity index (χ0n) is 9.43. The van der Waals surface area contributed by atoms with E-state index in [1.165, 1.54) is 16.7 Å². The number of ether oxygens (including phenoxy) is 2. The normalized spacial score (nSPS) is 15.3. The van der Waals surface area contributed by atoms with Crippen molar-refractivity contribution in [2.45, 2.75) is 0 Å². The highest BCUT2D eigenvalue weighted by Gasteiger charge is 2.28. The third kappa shape index (κ3) is 2.23. The van der Waals surface area contributed by atoms with Crippen LogP contribution in [0.5, 0.6) is 11.5 Å². The molecule has 17 heavy (non-hydrogen) atoms. The van der Waals surface area contributed by atoms with Crippen LogP contribution in [0.25, 0.3) is 0 Å². The van der Waals surface area contributed by atoms with Crippen molar-refractivity contribution in [3.63, 3.8) is 0 Å². The van der Waals surface area contributed by atoms with Crippen molar-refractivity contribution in [1.29, 1.82) is 0 Å². The van der Waals surface area contributed by atoms with Crippen molar-refractivity contribution in [2.75, 3.05) is 24.9 Å². The summed E-state index contributed by atoms with van der Waals surface area (Å²) in [7, 11) is 3.12.